The van der Waals surface area contributed by atoms with Crippen molar-refractivity contribution >= 4 is 23.4 Å². The number of likely N-dealkylation sites (tertiary alicyclic amines) is 1. The number of fused-ring (bicyclic) bond motifs is 2. The van der Waals surface area contributed by atoms with Crippen LogP contribution >= 0.6 is 0 Å². The van der Waals surface area contributed by atoms with Crippen molar-refractivity contribution < 1.29 is 19.4 Å². The van der Waals surface area contributed by atoms with E-state index in [4.69, 9.17) is 15.6 Å². The molecule has 0 aromatic heterocycles. The zero-order valence-electron chi connectivity index (χ0n) is 16.9. The number of anilines is 2. The van der Waals surface area contributed by atoms with Gasteiger partial charge in [0.1, 0.15) is 5.75 Å². The maximum Gasteiger partial charge on any atom is 0.405 e. The summed E-state index contributed by atoms with van der Waals surface area (Å²) in [6, 6.07) is 3.54. The number of benzene rings is 1. The average molecular weight is 390 g/mol. The van der Waals surface area contributed by atoms with Gasteiger partial charge < -0.3 is 31.1 Å². The molecule has 2 fully saturated rings. The first-order valence-corrected chi connectivity index (χ1v) is 9.64. The molecule has 1 aliphatic heterocycles. The van der Waals surface area contributed by atoms with Crippen LogP contribution in [0.1, 0.15) is 43.5 Å². The molecular formula is C20H30N4O4. The molecule has 0 spiro atoms. The van der Waals surface area contributed by atoms with Gasteiger partial charge in [-0.2, -0.15) is 0 Å². The minimum Gasteiger partial charge on any atom is -0.494 e. The molecule has 1 saturated heterocycles. The molecule has 2 aliphatic rings. The van der Waals surface area contributed by atoms with E-state index in [-0.39, 0.29) is 11.9 Å². The van der Waals surface area contributed by atoms with Crippen molar-refractivity contribution in [1.29, 1.82) is 0 Å². The average Bonchev–Trinajstić information content (AvgIpc) is 3.15. The number of ether oxygens (including phenoxy) is 1. The second-order valence-electron chi connectivity index (χ2n) is 8.44. The number of nitrogen functional groups attached to an aromatic ring is 1. The second kappa shape index (κ2) is 7.41. The molecule has 5 N–H and O–H groups in total. The Labute approximate surface area is 165 Å². The summed E-state index contributed by atoms with van der Waals surface area (Å²) in [5, 5.41) is 14.7. The van der Waals surface area contributed by atoms with Crippen molar-refractivity contribution in [2.45, 2.75) is 44.7 Å². The molecule has 1 heterocycles. The van der Waals surface area contributed by atoms with E-state index in [9.17, 15) is 9.59 Å². The monoisotopic (exact) mass is 390 g/mol. The molecule has 28 heavy (non-hydrogen) atoms. The van der Waals surface area contributed by atoms with Gasteiger partial charge in [0.2, 0.25) is 0 Å². The van der Waals surface area contributed by atoms with E-state index in [1.807, 2.05) is 18.7 Å². The summed E-state index contributed by atoms with van der Waals surface area (Å²) in [4.78, 5) is 26.2. The number of nitrogens with two attached hydrogens (primary N) is 1. The number of carbonyl (C=O) groups is 2. The zero-order valence-corrected chi connectivity index (χ0v) is 16.9. The smallest absolute Gasteiger partial charge is 0.405 e. The molecular weight excluding hydrogens is 360 g/mol. The van der Waals surface area contributed by atoms with Crippen LogP contribution in [0.4, 0.5) is 16.2 Å². The summed E-state index contributed by atoms with van der Waals surface area (Å²) in [5.41, 5.74) is 7.23. The number of hydrogen-bond acceptors (Lipinski definition) is 5. The van der Waals surface area contributed by atoms with Crippen LogP contribution in [0.3, 0.4) is 0 Å². The van der Waals surface area contributed by atoms with Gasteiger partial charge in [-0.05, 0) is 57.1 Å². The summed E-state index contributed by atoms with van der Waals surface area (Å²) in [6.45, 7) is 4.49. The first kappa shape index (κ1) is 20.1. The van der Waals surface area contributed by atoms with E-state index in [1.165, 1.54) is 0 Å². The van der Waals surface area contributed by atoms with Gasteiger partial charge in [0.15, 0.2) is 0 Å². The fourth-order valence-corrected chi connectivity index (χ4v) is 4.95. The zero-order chi connectivity index (χ0) is 20.6. The highest BCUT2D eigenvalue weighted by Gasteiger charge is 2.50. The van der Waals surface area contributed by atoms with Crippen LogP contribution in [0.25, 0.3) is 0 Å². The van der Waals surface area contributed by atoms with Crippen molar-refractivity contribution in [1.82, 2.24) is 10.2 Å². The minimum absolute atomic E-state index is 0.0474. The van der Waals surface area contributed by atoms with Gasteiger partial charge in [0.05, 0.1) is 18.5 Å². The van der Waals surface area contributed by atoms with Crippen molar-refractivity contribution in [3.8, 4) is 5.75 Å². The number of nitrogens with zero attached hydrogens (tertiary/aromatic N) is 1. The van der Waals surface area contributed by atoms with Crippen LogP contribution in [-0.2, 0) is 0 Å². The van der Waals surface area contributed by atoms with Gasteiger partial charge in [-0.3, -0.25) is 4.79 Å². The van der Waals surface area contributed by atoms with Gasteiger partial charge in [-0.1, -0.05) is 0 Å². The predicted molar refractivity (Wildman–Crippen MR) is 108 cm³/mol. The number of carbonyl (C=O) groups excluding carboxylic acids is 1. The Bertz CT molecular complexity index is 780. The summed E-state index contributed by atoms with van der Waals surface area (Å²) in [5.74, 6) is 1.19. The van der Waals surface area contributed by atoms with E-state index in [0.29, 0.717) is 47.5 Å². The fourth-order valence-electron chi connectivity index (χ4n) is 4.95. The molecule has 2 bridgehead atoms. The molecule has 8 nitrogen and oxygen atoms in total. The summed E-state index contributed by atoms with van der Waals surface area (Å²) < 4.78 is 5.38. The standard InChI is InChI=1S/C20H30N4O4/c1-20(2,23-19(26)27)9-13-11-5-6-15(13)24(10-11)18(25)12-7-14(21)17(22-3)16(8-12)28-4/h7-8,11,13,15,22-23H,5-6,9-10,21H2,1-4H3,(H,26,27)/t11-,13+,15+/m0/s1. The highest BCUT2D eigenvalue weighted by atomic mass is 16.5. The van der Waals surface area contributed by atoms with E-state index in [1.54, 1.807) is 26.3 Å². The van der Waals surface area contributed by atoms with Crippen molar-refractivity contribution in [2.24, 2.45) is 11.8 Å². The first-order chi connectivity index (χ1) is 13.2. The Hall–Kier alpha value is -2.64. The van der Waals surface area contributed by atoms with Gasteiger partial charge in [0, 0.05) is 30.7 Å². The lowest BCUT2D eigenvalue weighted by atomic mass is 9.85. The quantitative estimate of drug-likeness (QED) is 0.555. The number of carboxylic acid groups (broad SMARTS) is 1. The fraction of sp³-hybridized carbons (Fsp3) is 0.600. The molecule has 2 amide bonds. The molecule has 3 rings (SSSR count). The van der Waals surface area contributed by atoms with Crippen LogP contribution in [0.15, 0.2) is 12.1 Å². The van der Waals surface area contributed by atoms with Crippen LogP contribution in [0, 0.1) is 11.8 Å². The highest BCUT2D eigenvalue weighted by molar-refractivity contribution is 5.98. The normalized spacial score (nSPS) is 23.6. The van der Waals surface area contributed by atoms with Gasteiger partial charge in [0.25, 0.3) is 5.91 Å². The molecule has 0 unspecified atom stereocenters. The Morgan fingerprint density at radius 2 is 2.07 bits per heavy atom. The molecule has 1 aromatic carbocycles. The molecule has 1 saturated carbocycles. The third-order valence-electron chi connectivity index (χ3n) is 6.07. The number of nitrogens with one attached hydrogen (secondary N) is 2. The van der Waals surface area contributed by atoms with Crippen molar-refractivity contribution in [3.63, 3.8) is 0 Å². The van der Waals surface area contributed by atoms with Gasteiger partial charge >= 0.3 is 6.09 Å². The van der Waals surface area contributed by atoms with Crippen LogP contribution in [0.2, 0.25) is 0 Å². The maximum absolute atomic E-state index is 13.2. The number of amides is 2. The molecule has 3 atom stereocenters. The minimum atomic E-state index is -1.02. The van der Waals surface area contributed by atoms with Crippen molar-refractivity contribution in [3.05, 3.63) is 17.7 Å². The predicted octanol–water partition coefficient (Wildman–Crippen LogP) is 2.61. The number of hydrogen-bond donors (Lipinski definition) is 4. The SMILES string of the molecule is CNc1c(N)cc(C(=O)N2C[C@@H]3CC[C@@H]2[C@@H]3CC(C)(C)NC(=O)O)cc1OC. The first-order valence-electron chi connectivity index (χ1n) is 9.64. The maximum atomic E-state index is 13.2. The third kappa shape index (κ3) is 3.68. The summed E-state index contributed by atoms with van der Waals surface area (Å²) in [7, 11) is 3.31. The lowest BCUT2D eigenvalue weighted by Gasteiger charge is -2.31. The Kier molecular flexibility index (Phi) is 5.32. The lowest BCUT2D eigenvalue weighted by molar-refractivity contribution is 0.0688. The largest absolute Gasteiger partial charge is 0.494 e. The highest BCUT2D eigenvalue weighted by Crippen LogP contribution is 2.47. The Morgan fingerprint density at radius 1 is 1.36 bits per heavy atom. The van der Waals surface area contributed by atoms with Crippen molar-refractivity contribution in [2.75, 3.05) is 31.8 Å². The molecule has 1 aromatic rings. The Balaban J connectivity index is 1.80. The lowest BCUT2D eigenvalue weighted by Crippen LogP contribution is -2.46. The van der Waals surface area contributed by atoms with Crippen LogP contribution in [0.5, 0.6) is 5.75 Å². The number of rotatable bonds is 6. The molecule has 154 valence electrons. The summed E-state index contributed by atoms with van der Waals surface area (Å²) in [6.07, 6.45) is 1.72. The van der Waals surface area contributed by atoms with E-state index in [2.05, 4.69) is 10.6 Å². The molecule has 8 heteroatoms. The number of methoxy groups -OCH3 is 1. The van der Waals surface area contributed by atoms with Gasteiger partial charge in [-0.15, -0.1) is 0 Å². The van der Waals surface area contributed by atoms with Gasteiger partial charge in [-0.25, -0.2) is 4.79 Å². The number of piperidine rings is 1. The van der Waals surface area contributed by atoms with E-state index >= 15 is 0 Å². The summed E-state index contributed by atoms with van der Waals surface area (Å²) >= 11 is 0. The van der Waals surface area contributed by atoms with Crippen LogP contribution < -0.4 is 21.1 Å². The second-order valence-corrected chi connectivity index (χ2v) is 8.44. The van der Waals surface area contributed by atoms with E-state index in [0.717, 1.165) is 12.8 Å². The topological polar surface area (TPSA) is 117 Å². The molecule has 1 aliphatic carbocycles. The Morgan fingerprint density at radius 3 is 2.68 bits per heavy atom. The van der Waals surface area contributed by atoms with E-state index < -0.39 is 11.6 Å². The third-order valence-corrected chi connectivity index (χ3v) is 6.07. The molecule has 0 radical (unpaired) electrons. The van der Waals surface area contributed by atoms with Crippen LogP contribution in [-0.4, -0.2) is 54.3 Å².